The normalized spacial score (nSPS) is 22.8. The van der Waals surface area contributed by atoms with Crippen LogP contribution in [0.4, 0.5) is 0 Å². The standard InChI is InChI=1S/C16H30N2O2.ClH/c1-3-9-20-16(7-5-4-6-8-16)12-18-15(19)13(2)14-10-17-11-14;/h13-14,17H,3-12H2,1-2H3,(H,18,19);1H. The summed E-state index contributed by atoms with van der Waals surface area (Å²) in [5, 5.41) is 6.39. The lowest BCUT2D eigenvalue weighted by molar-refractivity contribution is -0.130. The Morgan fingerprint density at radius 1 is 1.33 bits per heavy atom. The van der Waals surface area contributed by atoms with Gasteiger partial charge in [-0.3, -0.25) is 4.79 Å². The molecule has 1 amide bonds. The smallest absolute Gasteiger partial charge is 0.223 e. The number of carbonyl (C=O) groups is 1. The molecule has 1 saturated carbocycles. The molecule has 0 aromatic rings. The van der Waals surface area contributed by atoms with Crippen LogP contribution in [-0.4, -0.2) is 37.7 Å². The summed E-state index contributed by atoms with van der Waals surface area (Å²) >= 11 is 0. The van der Waals surface area contributed by atoms with Gasteiger partial charge >= 0.3 is 0 Å². The van der Waals surface area contributed by atoms with E-state index < -0.39 is 0 Å². The molecule has 2 aliphatic rings. The summed E-state index contributed by atoms with van der Waals surface area (Å²) in [6.07, 6.45) is 6.97. The zero-order valence-electron chi connectivity index (χ0n) is 13.5. The number of halogens is 1. The molecule has 2 rings (SSSR count). The third kappa shape index (κ3) is 5.11. The molecule has 0 aromatic heterocycles. The Morgan fingerprint density at radius 2 is 2.00 bits per heavy atom. The molecule has 4 nitrogen and oxygen atoms in total. The molecule has 21 heavy (non-hydrogen) atoms. The molecule has 1 saturated heterocycles. The summed E-state index contributed by atoms with van der Waals surface area (Å²) in [6.45, 7) is 7.63. The SMILES string of the molecule is CCCOC1(CNC(=O)C(C)C2CNC2)CCCCC1.Cl. The average Bonchev–Trinajstić information content (AvgIpc) is 2.42. The maximum Gasteiger partial charge on any atom is 0.223 e. The van der Waals surface area contributed by atoms with Crippen molar-refractivity contribution in [2.24, 2.45) is 11.8 Å². The second kappa shape index (κ2) is 8.96. The summed E-state index contributed by atoms with van der Waals surface area (Å²) < 4.78 is 6.12. The zero-order chi connectivity index (χ0) is 14.4. The number of hydrogen-bond acceptors (Lipinski definition) is 3. The minimum atomic E-state index is -0.0957. The molecule has 1 heterocycles. The van der Waals surface area contributed by atoms with Gasteiger partial charge in [0.2, 0.25) is 5.91 Å². The van der Waals surface area contributed by atoms with E-state index in [9.17, 15) is 4.79 Å². The number of amides is 1. The van der Waals surface area contributed by atoms with Crippen LogP contribution in [0.3, 0.4) is 0 Å². The Kier molecular flexibility index (Phi) is 7.99. The van der Waals surface area contributed by atoms with Crippen molar-refractivity contribution in [1.82, 2.24) is 10.6 Å². The Bertz CT molecular complexity index is 315. The summed E-state index contributed by atoms with van der Waals surface area (Å²) in [6, 6.07) is 0. The molecule has 1 aliphatic carbocycles. The molecule has 0 aromatic carbocycles. The van der Waals surface area contributed by atoms with E-state index in [2.05, 4.69) is 17.6 Å². The van der Waals surface area contributed by atoms with Gasteiger partial charge in [0.15, 0.2) is 0 Å². The molecule has 0 spiro atoms. The van der Waals surface area contributed by atoms with E-state index in [1.54, 1.807) is 0 Å². The van der Waals surface area contributed by atoms with Crippen molar-refractivity contribution >= 4 is 18.3 Å². The molecule has 2 N–H and O–H groups in total. The number of carbonyl (C=O) groups excluding carboxylic acids is 1. The van der Waals surface area contributed by atoms with Crippen LogP contribution in [0.2, 0.25) is 0 Å². The molecular formula is C16H31ClN2O2. The van der Waals surface area contributed by atoms with Crippen LogP contribution in [0.1, 0.15) is 52.4 Å². The monoisotopic (exact) mass is 318 g/mol. The van der Waals surface area contributed by atoms with Crippen LogP contribution in [0.15, 0.2) is 0 Å². The quantitative estimate of drug-likeness (QED) is 0.758. The van der Waals surface area contributed by atoms with E-state index in [1.165, 1.54) is 19.3 Å². The summed E-state index contributed by atoms with van der Waals surface area (Å²) in [5.41, 5.74) is -0.0957. The lowest BCUT2D eigenvalue weighted by atomic mass is 9.83. The van der Waals surface area contributed by atoms with E-state index in [0.29, 0.717) is 12.5 Å². The highest BCUT2D eigenvalue weighted by Gasteiger charge is 2.35. The second-order valence-electron chi connectivity index (χ2n) is 6.52. The van der Waals surface area contributed by atoms with E-state index in [1.807, 2.05) is 6.92 Å². The van der Waals surface area contributed by atoms with E-state index in [0.717, 1.165) is 39.0 Å². The van der Waals surface area contributed by atoms with Gasteiger partial charge in [0, 0.05) is 19.1 Å². The van der Waals surface area contributed by atoms with Gasteiger partial charge in [0.05, 0.1) is 5.60 Å². The highest BCUT2D eigenvalue weighted by Crippen LogP contribution is 2.31. The van der Waals surface area contributed by atoms with Gasteiger partial charge in [-0.2, -0.15) is 0 Å². The minimum Gasteiger partial charge on any atom is -0.373 e. The average molecular weight is 319 g/mol. The van der Waals surface area contributed by atoms with Crippen molar-refractivity contribution in [1.29, 1.82) is 0 Å². The van der Waals surface area contributed by atoms with Crippen LogP contribution in [0, 0.1) is 11.8 Å². The van der Waals surface area contributed by atoms with E-state index in [-0.39, 0.29) is 29.8 Å². The molecule has 1 aliphatic heterocycles. The second-order valence-corrected chi connectivity index (χ2v) is 6.52. The number of nitrogens with one attached hydrogen (secondary N) is 2. The number of rotatable bonds is 7. The van der Waals surface area contributed by atoms with Gasteiger partial charge in [-0.25, -0.2) is 0 Å². The van der Waals surface area contributed by atoms with Crippen LogP contribution < -0.4 is 10.6 Å². The molecule has 124 valence electrons. The topological polar surface area (TPSA) is 50.4 Å². The van der Waals surface area contributed by atoms with Crippen molar-refractivity contribution in [3.63, 3.8) is 0 Å². The molecular weight excluding hydrogens is 288 g/mol. The first kappa shape index (κ1) is 18.7. The predicted octanol–water partition coefficient (Wildman–Crippen LogP) is 2.51. The molecule has 0 bridgehead atoms. The maximum absolute atomic E-state index is 12.2. The van der Waals surface area contributed by atoms with Crippen molar-refractivity contribution in [2.45, 2.75) is 58.0 Å². The van der Waals surface area contributed by atoms with Gasteiger partial charge in [0.25, 0.3) is 0 Å². The first-order valence-electron chi connectivity index (χ1n) is 8.29. The van der Waals surface area contributed by atoms with Crippen LogP contribution >= 0.6 is 12.4 Å². The first-order chi connectivity index (χ1) is 9.67. The van der Waals surface area contributed by atoms with E-state index in [4.69, 9.17) is 4.74 Å². The Hall–Kier alpha value is -0.320. The fourth-order valence-electron chi connectivity index (χ4n) is 3.17. The van der Waals surface area contributed by atoms with Crippen molar-refractivity contribution in [3.05, 3.63) is 0 Å². The Morgan fingerprint density at radius 3 is 2.52 bits per heavy atom. The minimum absolute atomic E-state index is 0. The highest BCUT2D eigenvalue weighted by atomic mass is 35.5. The third-order valence-electron chi connectivity index (χ3n) is 4.90. The van der Waals surface area contributed by atoms with Crippen molar-refractivity contribution < 1.29 is 9.53 Å². The van der Waals surface area contributed by atoms with Gasteiger partial charge in [0.1, 0.15) is 0 Å². The van der Waals surface area contributed by atoms with Crippen molar-refractivity contribution in [3.8, 4) is 0 Å². The van der Waals surface area contributed by atoms with Gasteiger partial charge < -0.3 is 15.4 Å². The van der Waals surface area contributed by atoms with Gasteiger partial charge in [-0.1, -0.05) is 33.1 Å². The number of ether oxygens (including phenoxy) is 1. The summed E-state index contributed by atoms with van der Waals surface area (Å²) in [5.74, 6) is 0.818. The lowest BCUT2D eigenvalue weighted by Crippen LogP contribution is -2.52. The number of hydrogen-bond donors (Lipinski definition) is 2. The van der Waals surface area contributed by atoms with Crippen LogP contribution in [0.25, 0.3) is 0 Å². The van der Waals surface area contributed by atoms with Gasteiger partial charge in [-0.15, -0.1) is 12.4 Å². The predicted molar refractivity (Wildman–Crippen MR) is 87.8 cm³/mol. The van der Waals surface area contributed by atoms with Crippen molar-refractivity contribution in [2.75, 3.05) is 26.2 Å². The van der Waals surface area contributed by atoms with Crippen LogP contribution in [0.5, 0.6) is 0 Å². The molecule has 1 unspecified atom stereocenters. The fourth-order valence-corrected chi connectivity index (χ4v) is 3.17. The molecule has 5 heteroatoms. The van der Waals surface area contributed by atoms with Crippen LogP contribution in [-0.2, 0) is 9.53 Å². The largest absolute Gasteiger partial charge is 0.373 e. The Labute approximate surface area is 135 Å². The van der Waals surface area contributed by atoms with Gasteiger partial charge in [-0.05, 0) is 38.3 Å². The zero-order valence-corrected chi connectivity index (χ0v) is 14.3. The highest BCUT2D eigenvalue weighted by molar-refractivity contribution is 5.85. The molecule has 1 atom stereocenters. The third-order valence-corrected chi connectivity index (χ3v) is 4.90. The maximum atomic E-state index is 12.2. The summed E-state index contributed by atoms with van der Waals surface area (Å²) in [7, 11) is 0. The first-order valence-corrected chi connectivity index (χ1v) is 8.29. The Balaban J connectivity index is 0.00000220. The molecule has 0 radical (unpaired) electrons. The summed E-state index contributed by atoms with van der Waals surface area (Å²) in [4.78, 5) is 12.2. The lowest BCUT2D eigenvalue weighted by Gasteiger charge is -2.38. The van der Waals surface area contributed by atoms with E-state index >= 15 is 0 Å². The fraction of sp³-hybridized carbons (Fsp3) is 0.938. The molecule has 2 fully saturated rings.